The van der Waals surface area contributed by atoms with Crippen molar-refractivity contribution in [3.05, 3.63) is 89.7 Å². The van der Waals surface area contributed by atoms with Gasteiger partial charge in [-0.25, -0.2) is 9.59 Å². The molecule has 0 bridgehead atoms. The van der Waals surface area contributed by atoms with Gasteiger partial charge in [-0.3, -0.25) is 15.1 Å². The summed E-state index contributed by atoms with van der Waals surface area (Å²) in [5.74, 6) is -0.428. The summed E-state index contributed by atoms with van der Waals surface area (Å²) < 4.78 is 5.34. The van der Waals surface area contributed by atoms with Crippen molar-refractivity contribution in [3.8, 4) is 0 Å². The molecule has 1 aliphatic heterocycles. The molecule has 1 fully saturated rings. The van der Waals surface area contributed by atoms with Crippen LogP contribution in [0.15, 0.2) is 72.9 Å². The smallest absolute Gasteiger partial charge is 0.412 e. The Morgan fingerprint density at radius 1 is 0.891 bits per heavy atom. The Hall–Kier alpha value is -4.48. The minimum atomic E-state index is -0.659. The number of nitrogens with zero attached hydrogens (tertiary/aromatic N) is 3. The lowest BCUT2D eigenvalue weighted by Gasteiger charge is -2.32. The maximum atomic E-state index is 13.1. The normalized spacial score (nSPS) is 14.6. The van der Waals surface area contributed by atoms with E-state index in [-0.39, 0.29) is 17.8 Å². The van der Waals surface area contributed by atoms with Crippen molar-refractivity contribution in [1.82, 2.24) is 25.4 Å². The highest BCUT2D eigenvalue weighted by Crippen LogP contribution is 2.24. The number of amides is 4. The summed E-state index contributed by atoms with van der Waals surface area (Å²) in [5.41, 5.74) is 2.35. The second-order valence-electron chi connectivity index (χ2n) is 12.6. The standard InChI is InChI=1S/C35H47N7O4/c1-35(2,3)46-34(45)40-30-14-9-8-13-29(30)38-32(43)31-17-16-27(25-37-31)28(15-10-20-42-23-21-41(4)22-24-42)39-33(44)36-19-18-26-11-6-5-7-12-26/h5-9,11-14,16-17,25,28H,10,15,18-24H2,1-4H3,(H,38,43)(H,40,45)(H2,36,39,44). The molecule has 1 unspecified atom stereocenters. The third-order valence-corrected chi connectivity index (χ3v) is 7.64. The first-order valence-electron chi connectivity index (χ1n) is 15.9. The molecule has 46 heavy (non-hydrogen) atoms. The van der Waals surface area contributed by atoms with E-state index in [1.165, 1.54) is 0 Å². The maximum Gasteiger partial charge on any atom is 0.412 e. The number of ether oxygens (including phenoxy) is 1. The molecule has 4 N–H and O–H groups in total. The molecule has 11 heteroatoms. The summed E-state index contributed by atoms with van der Waals surface area (Å²) >= 11 is 0. The SMILES string of the molecule is CN1CCN(CCCC(NC(=O)NCCc2ccccc2)c2ccc(C(=O)Nc3ccccc3NC(=O)OC(C)(C)C)nc2)CC1. The van der Waals surface area contributed by atoms with E-state index in [2.05, 4.69) is 43.1 Å². The van der Waals surface area contributed by atoms with Gasteiger partial charge in [0, 0.05) is 38.9 Å². The number of urea groups is 1. The van der Waals surface area contributed by atoms with Crippen molar-refractivity contribution in [1.29, 1.82) is 0 Å². The summed E-state index contributed by atoms with van der Waals surface area (Å²) in [5, 5.41) is 11.6. The predicted molar refractivity (Wildman–Crippen MR) is 181 cm³/mol. The van der Waals surface area contributed by atoms with Crippen molar-refractivity contribution in [3.63, 3.8) is 0 Å². The summed E-state index contributed by atoms with van der Waals surface area (Å²) in [4.78, 5) is 47.6. The molecule has 4 rings (SSSR count). The second kappa shape index (κ2) is 16.7. The number of benzene rings is 2. The second-order valence-corrected chi connectivity index (χ2v) is 12.6. The number of carbonyl (C=O) groups excluding carboxylic acids is 3. The van der Waals surface area contributed by atoms with Gasteiger partial charge in [-0.1, -0.05) is 48.5 Å². The fourth-order valence-corrected chi connectivity index (χ4v) is 5.13. The highest BCUT2D eigenvalue weighted by atomic mass is 16.6. The minimum absolute atomic E-state index is 0.208. The molecular weight excluding hydrogens is 582 g/mol. The lowest BCUT2D eigenvalue weighted by molar-refractivity contribution is 0.0635. The average Bonchev–Trinajstić information content (AvgIpc) is 3.02. The van der Waals surface area contributed by atoms with Gasteiger partial charge >= 0.3 is 12.1 Å². The fraction of sp³-hybridized carbons (Fsp3) is 0.429. The maximum absolute atomic E-state index is 13.1. The number of carbonyl (C=O) groups is 3. The quantitative estimate of drug-likeness (QED) is 0.214. The van der Waals surface area contributed by atoms with Crippen molar-refractivity contribution in [2.45, 2.75) is 51.7 Å². The average molecular weight is 630 g/mol. The molecule has 0 aliphatic carbocycles. The zero-order valence-electron chi connectivity index (χ0n) is 27.3. The van der Waals surface area contributed by atoms with Gasteiger partial charge in [-0.05, 0) is 83.0 Å². The van der Waals surface area contributed by atoms with Crippen LogP contribution in [-0.4, -0.2) is 84.7 Å². The molecular formula is C35H47N7O4. The summed E-state index contributed by atoms with van der Waals surface area (Å²) in [6.07, 6.45) is 3.40. The number of likely N-dealkylation sites (N-methyl/N-ethyl adjacent to an activating group) is 1. The Bertz CT molecular complexity index is 1420. The molecule has 0 saturated carbocycles. The summed E-state index contributed by atoms with van der Waals surface area (Å²) in [6.45, 7) is 11.0. The molecule has 2 aromatic carbocycles. The Balaban J connectivity index is 1.38. The Morgan fingerprint density at radius 2 is 1.57 bits per heavy atom. The lowest BCUT2D eigenvalue weighted by atomic mass is 10.0. The third-order valence-electron chi connectivity index (χ3n) is 7.64. The molecule has 1 saturated heterocycles. The van der Waals surface area contributed by atoms with Crippen LogP contribution in [0.3, 0.4) is 0 Å². The van der Waals surface area contributed by atoms with E-state index in [1.54, 1.807) is 57.3 Å². The predicted octanol–water partition coefficient (Wildman–Crippen LogP) is 5.29. The number of piperazine rings is 1. The molecule has 11 nitrogen and oxygen atoms in total. The van der Waals surface area contributed by atoms with Crippen molar-refractivity contribution in [2.24, 2.45) is 0 Å². The molecule has 4 amide bonds. The highest BCUT2D eigenvalue weighted by Gasteiger charge is 2.20. The first-order valence-corrected chi connectivity index (χ1v) is 15.9. The molecule has 0 radical (unpaired) electrons. The number of hydrogen-bond acceptors (Lipinski definition) is 7. The monoisotopic (exact) mass is 629 g/mol. The molecule has 2 heterocycles. The van der Waals surface area contributed by atoms with Crippen LogP contribution in [0.1, 0.15) is 61.3 Å². The number of rotatable bonds is 12. The van der Waals surface area contributed by atoms with E-state index in [0.717, 1.165) is 63.1 Å². The largest absolute Gasteiger partial charge is 0.444 e. The number of aromatic nitrogens is 1. The number of hydrogen-bond donors (Lipinski definition) is 4. The van der Waals surface area contributed by atoms with Gasteiger partial charge < -0.3 is 30.5 Å². The van der Waals surface area contributed by atoms with E-state index >= 15 is 0 Å². The number of pyridine rings is 1. The van der Waals surface area contributed by atoms with E-state index in [9.17, 15) is 14.4 Å². The van der Waals surface area contributed by atoms with E-state index in [0.29, 0.717) is 17.9 Å². The highest BCUT2D eigenvalue weighted by molar-refractivity contribution is 6.05. The topological polar surface area (TPSA) is 128 Å². The Labute approximate surface area is 272 Å². The van der Waals surface area contributed by atoms with Crippen LogP contribution in [-0.2, 0) is 11.2 Å². The van der Waals surface area contributed by atoms with Gasteiger partial charge in [0.05, 0.1) is 17.4 Å². The van der Waals surface area contributed by atoms with Crippen molar-refractivity contribution in [2.75, 3.05) is 56.9 Å². The van der Waals surface area contributed by atoms with Crippen LogP contribution in [0.2, 0.25) is 0 Å². The van der Waals surface area contributed by atoms with Crippen LogP contribution >= 0.6 is 0 Å². The zero-order chi connectivity index (χ0) is 32.9. The first kappa shape index (κ1) is 34.4. The minimum Gasteiger partial charge on any atom is -0.444 e. The molecule has 3 aromatic rings. The number of nitrogens with one attached hydrogen (secondary N) is 4. The third kappa shape index (κ3) is 11.5. The van der Waals surface area contributed by atoms with Crippen LogP contribution in [0.4, 0.5) is 21.0 Å². The fourth-order valence-electron chi connectivity index (χ4n) is 5.13. The summed E-state index contributed by atoms with van der Waals surface area (Å²) in [6, 6.07) is 19.9. The van der Waals surface area contributed by atoms with Gasteiger partial charge in [0.15, 0.2) is 0 Å². The van der Waals surface area contributed by atoms with Crippen LogP contribution in [0.5, 0.6) is 0 Å². The first-order chi connectivity index (χ1) is 22.1. The van der Waals surface area contributed by atoms with Crippen molar-refractivity contribution < 1.29 is 19.1 Å². The van der Waals surface area contributed by atoms with Crippen LogP contribution in [0, 0.1) is 0 Å². The molecule has 246 valence electrons. The Morgan fingerprint density at radius 3 is 2.22 bits per heavy atom. The van der Waals surface area contributed by atoms with E-state index < -0.39 is 17.6 Å². The summed E-state index contributed by atoms with van der Waals surface area (Å²) in [7, 11) is 2.14. The van der Waals surface area contributed by atoms with Gasteiger partial charge in [-0.2, -0.15) is 0 Å². The van der Waals surface area contributed by atoms with Gasteiger partial charge in [0.25, 0.3) is 5.91 Å². The molecule has 0 spiro atoms. The number of anilines is 2. The van der Waals surface area contributed by atoms with Gasteiger partial charge in [-0.15, -0.1) is 0 Å². The number of para-hydroxylation sites is 2. The van der Waals surface area contributed by atoms with E-state index in [4.69, 9.17) is 4.74 Å². The molecule has 1 aliphatic rings. The lowest BCUT2D eigenvalue weighted by Crippen LogP contribution is -2.45. The van der Waals surface area contributed by atoms with Crippen LogP contribution in [0.25, 0.3) is 0 Å². The van der Waals surface area contributed by atoms with Crippen LogP contribution < -0.4 is 21.3 Å². The van der Waals surface area contributed by atoms with Gasteiger partial charge in [0.2, 0.25) is 0 Å². The zero-order valence-corrected chi connectivity index (χ0v) is 27.3. The molecule has 1 atom stereocenters. The van der Waals surface area contributed by atoms with E-state index in [1.807, 2.05) is 36.4 Å². The van der Waals surface area contributed by atoms with Gasteiger partial charge in [0.1, 0.15) is 11.3 Å². The Kier molecular flexibility index (Phi) is 12.5. The molecule has 1 aromatic heterocycles. The van der Waals surface area contributed by atoms with Crippen molar-refractivity contribution >= 4 is 29.4 Å².